The van der Waals surface area contributed by atoms with Gasteiger partial charge in [0.2, 0.25) is 0 Å². The van der Waals surface area contributed by atoms with Crippen molar-refractivity contribution in [1.82, 2.24) is 5.32 Å². The Labute approximate surface area is 181 Å². The van der Waals surface area contributed by atoms with Crippen LogP contribution < -0.4 is 10.6 Å². The standard InChI is InChI=1S/C21H25ClN2O2S2/c1-3-26-20(25)17-8-5-15(2)19(13-17)24-21(27)23-11-4-12-28-14-16-6-9-18(22)10-7-16/h5-10,13H,3-4,11-12,14H2,1-2H3,(H2,23,24,27). The lowest BCUT2D eigenvalue weighted by Gasteiger charge is -2.13. The number of benzene rings is 2. The number of thiocarbonyl (C=S) groups is 1. The fourth-order valence-corrected chi connectivity index (χ4v) is 3.67. The first kappa shape index (κ1) is 22.5. The van der Waals surface area contributed by atoms with Gasteiger partial charge in [0.15, 0.2) is 5.11 Å². The minimum atomic E-state index is -0.331. The second-order valence-electron chi connectivity index (χ2n) is 6.16. The lowest BCUT2D eigenvalue weighted by molar-refractivity contribution is 0.0526. The molecule has 2 aromatic carbocycles. The van der Waals surface area contributed by atoms with Gasteiger partial charge in [-0.25, -0.2) is 4.79 Å². The summed E-state index contributed by atoms with van der Waals surface area (Å²) in [6.45, 7) is 4.90. The summed E-state index contributed by atoms with van der Waals surface area (Å²) in [7, 11) is 0. The molecule has 150 valence electrons. The van der Waals surface area contributed by atoms with Crippen molar-refractivity contribution in [3.05, 3.63) is 64.2 Å². The highest BCUT2D eigenvalue weighted by Gasteiger charge is 2.09. The molecule has 0 heterocycles. The normalized spacial score (nSPS) is 10.4. The lowest BCUT2D eigenvalue weighted by Crippen LogP contribution is -2.29. The molecule has 0 atom stereocenters. The van der Waals surface area contributed by atoms with Gasteiger partial charge in [-0.2, -0.15) is 11.8 Å². The molecule has 0 saturated carbocycles. The van der Waals surface area contributed by atoms with Crippen molar-refractivity contribution in [2.24, 2.45) is 0 Å². The second-order valence-corrected chi connectivity index (χ2v) is 8.11. The van der Waals surface area contributed by atoms with Gasteiger partial charge in [0.25, 0.3) is 0 Å². The molecule has 0 bridgehead atoms. The monoisotopic (exact) mass is 436 g/mol. The third kappa shape index (κ3) is 7.70. The molecule has 2 rings (SSSR count). The van der Waals surface area contributed by atoms with E-state index in [-0.39, 0.29) is 5.97 Å². The number of carbonyl (C=O) groups is 1. The number of carbonyl (C=O) groups excluding carboxylic acids is 1. The Bertz CT molecular complexity index is 797. The van der Waals surface area contributed by atoms with Gasteiger partial charge in [0, 0.05) is 23.0 Å². The molecule has 0 aromatic heterocycles. The topological polar surface area (TPSA) is 50.4 Å². The van der Waals surface area contributed by atoms with Crippen LogP contribution >= 0.6 is 35.6 Å². The first-order valence-corrected chi connectivity index (χ1v) is 11.1. The van der Waals surface area contributed by atoms with Crippen LogP contribution in [0.5, 0.6) is 0 Å². The zero-order valence-electron chi connectivity index (χ0n) is 16.1. The van der Waals surface area contributed by atoms with E-state index in [4.69, 9.17) is 28.6 Å². The molecule has 28 heavy (non-hydrogen) atoms. The molecular formula is C21H25ClN2O2S2. The summed E-state index contributed by atoms with van der Waals surface area (Å²) >= 11 is 13.1. The van der Waals surface area contributed by atoms with Gasteiger partial charge in [-0.05, 0) is 73.6 Å². The summed E-state index contributed by atoms with van der Waals surface area (Å²) in [5, 5.41) is 7.69. The van der Waals surface area contributed by atoms with E-state index in [1.165, 1.54) is 5.56 Å². The van der Waals surface area contributed by atoms with Gasteiger partial charge in [0.1, 0.15) is 0 Å². The van der Waals surface area contributed by atoms with Crippen LogP contribution in [0.4, 0.5) is 5.69 Å². The molecule has 4 nitrogen and oxygen atoms in total. The van der Waals surface area contributed by atoms with Gasteiger partial charge in [-0.3, -0.25) is 0 Å². The molecule has 0 spiro atoms. The van der Waals surface area contributed by atoms with Crippen LogP contribution in [0.1, 0.15) is 34.8 Å². The highest BCUT2D eigenvalue weighted by atomic mass is 35.5. The molecule has 7 heteroatoms. The number of ether oxygens (including phenoxy) is 1. The number of hydrogen-bond acceptors (Lipinski definition) is 4. The maximum Gasteiger partial charge on any atom is 0.338 e. The third-order valence-electron chi connectivity index (χ3n) is 3.93. The minimum absolute atomic E-state index is 0.331. The van der Waals surface area contributed by atoms with Crippen LogP contribution in [0.25, 0.3) is 0 Å². The van der Waals surface area contributed by atoms with Crippen molar-refractivity contribution in [3.63, 3.8) is 0 Å². The summed E-state index contributed by atoms with van der Waals surface area (Å²) in [6.07, 6.45) is 1.00. The van der Waals surface area contributed by atoms with Crippen LogP contribution in [0.2, 0.25) is 5.02 Å². The number of hydrogen-bond donors (Lipinski definition) is 2. The Morgan fingerprint density at radius 1 is 1.21 bits per heavy atom. The molecule has 0 aliphatic heterocycles. The number of thioether (sulfide) groups is 1. The van der Waals surface area contributed by atoms with Gasteiger partial charge in [-0.1, -0.05) is 29.8 Å². The van der Waals surface area contributed by atoms with Gasteiger partial charge in [-0.15, -0.1) is 0 Å². The largest absolute Gasteiger partial charge is 0.462 e. The number of nitrogens with one attached hydrogen (secondary N) is 2. The predicted octanol–water partition coefficient (Wildman–Crippen LogP) is 5.44. The SMILES string of the molecule is CCOC(=O)c1ccc(C)c(NC(=S)NCCCSCc2ccc(Cl)cc2)c1. The van der Waals surface area contributed by atoms with E-state index in [1.54, 1.807) is 19.1 Å². The first-order chi connectivity index (χ1) is 13.5. The summed E-state index contributed by atoms with van der Waals surface area (Å²) in [4.78, 5) is 11.9. The van der Waals surface area contributed by atoms with Crippen LogP contribution in [0.3, 0.4) is 0 Å². The van der Waals surface area contributed by atoms with Crippen LogP contribution in [-0.2, 0) is 10.5 Å². The Hall–Kier alpha value is -1.76. The Morgan fingerprint density at radius 3 is 2.68 bits per heavy atom. The molecule has 0 fully saturated rings. The van der Waals surface area contributed by atoms with Crippen molar-refractivity contribution >= 4 is 52.3 Å². The average molecular weight is 437 g/mol. The minimum Gasteiger partial charge on any atom is -0.462 e. The van der Waals surface area contributed by atoms with Crippen molar-refractivity contribution in [3.8, 4) is 0 Å². The van der Waals surface area contributed by atoms with Crippen LogP contribution in [0.15, 0.2) is 42.5 Å². The second kappa shape index (κ2) is 11.9. The Morgan fingerprint density at radius 2 is 1.96 bits per heavy atom. The number of halogens is 1. The van der Waals surface area contributed by atoms with E-state index in [9.17, 15) is 4.79 Å². The molecular weight excluding hydrogens is 412 g/mol. The number of rotatable bonds is 9. The number of esters is 1. The van der Waals surface area contributed by atoms with Crippen LogP contribution in [0, 0.1) is 6.92 Å². The fourth-order valence-electron chi connectivity index (χ4n) is 2.41. The van der Waals surface area contributed by atoms with Crippen molar-refractivity contribution < 1.29 is 9.53 Å². The maximum atomic E-state index is 11.9. The average Bonchev–Trinajstić information content (AvgIpc) is 2.68. The summed E-state index contributed by atoms with van der Waals surface area (Å²) in [6, 6.07) is 13.4. The maximum absolute atomic E-state index is 11.9. The third-order valence-corrected chi connectivity index (χ3v) is 5.54. The van der Waals surface area contributed by atoms with Crippen molar-refractivity contribution in [2.75, 3.05) is 24.2 Å². The fraction of sp³-hybridized carbons (Fsp3) is 0.333. The first-order valence-electron chi connectivity index (χ1n) is 9.14. The van der Waals surface area contributed by atoms with Gasteiger partial charge in [0.05, 0.1) is 12.2 Å². The molecule has 0 unspecified atom stereocenters. The van der Waals surface area contributed by atoms with E-state index in [0.29, 0.717) is 17.3 Å². The molecule has 0 radical (unpaired) electrons. The molecule has 2 aromatic rings. The van der Waals surface area contributed by atoms with Crippen molar-refractivity contribution in [1.29, 1.82) is 0 Å². The number of anilines is 1. The summed E-state index contributed by atoms with van der Waals surface area (Å²) in [5.41, 5.74) is 3.60. The molecule has 0 amide bonds. The zero-order chi connectivity index (χ0) is 20.4. The van der Waals surface area contributed by atoms with E-state index in [1.807, 2.05) is 36.9 Å². The highest BCUT2D eigenvalue weighted by Crippen LogP contribution is 2.18. The predicted molar refractivity (Wildman–Crippen MR) is 124 cm³/mol. The van der Waals surface area contributed by atoms with Gasteiger partial charge < -0.3 is 15.4 Å². The van der Waals surface area contributed by atoms with E-state index in [0.717, 1.165) is 40.7 Å². The van der Waals surface area contributed by atoms with E-state index >= 15 is 0 Å². The van der Waals surface area contributed by atoms with E-state index in [2.05, 4.69) is 22.8 Å². The Kier molecular flexibility index (Phi) is 9.61. The van der Waals surface area contributed by atoms with E-state index < -0.39 is 0 Å². The summed E-state index contributed by atoms with van der Waals surface area (Å²) < 4.78 is 5.04. The zero-order valence-corrected chi connectivity index (χ0v) is 18.5. The molecule has 0 aliphatic rings. The van der Waals surface area contributed by atoms with Crippen LogP contribution in [-0.4, -0.2) is 30.0 Å². The van der Waals surface area contributed by atoms with Gasteiger partial charge >= 0.3 is 5.97 Å². The Balaban J connectivity index is 1.70. The van der Waals surface area contributed by atoms with Crippen molar-refractivity contribution in [2.45, 2.75) is 26.0 Å². The highest BCUT2D eigenvalue weighted by molar-refractivity contribution is 7.98. The quantitative estimate of drug-likeness (QED) is 0.310. The smallest absolute Gasteiger partial charge is 0.338 e. The lowest BCUT2D eigenvalue weighted by atomic mass is 10.1. The molecule has 0 aliphatic carbocycles. The summed E-state index contributed by atoms with van der Waals surface area (Å²) in [5.74, 6) is 1.68. The molecule has 0 saturated heterocycles. The number of aryl methyl sites for hydroxylation is 1. The molecule has 2 N–H and O–H groups in total.